The number of hydrogen-bond acceptors (Lipinski definition) is 12. The molecule has 12 nitrogen and oxygen atoms in total. The second-order valence-corrected chi connectivity index (χ2v) is 19.3. The highest BCUT2D eigenvalue weighted by atomic mass is 15.3. The van der Waals surface area contributed by atoms with Gasteiger partial charge in [0.15, 0.2) is 0 Å². The molecule has 5 aliphatic heterocycles. The molecule has 60 heavy (non-hydrogen) atoms. The SMILES string of the molecule is C.C=C(N)N(C)C1CCN(C(C)C)CC1.C=C(N)NC1CCN(C(C)C)CC1.CC(C)N1CCC(N)CC1.CCN1CCN(C(C)C)CC1.CNC1CCN(C(C)C)CC1. The van der Waals surface area contributed by atoms with Crippen molar-refractivity contribution in [3.05, 3.63) is 24.8 Å². The summed E-state index contributed by atoms with van der Waals surface area (Å²) in [6, 6.07) is 5.86. The van der Waals surface area contributed by atoms with Gasteiger partial charge in [0.05, 0.1) is 11.6 Å². The minimum absolute atomic E-state index is 0. The third kappa shape index (κ3) is 24.3. The minimum Gasteiger partial charge on any atom is -0.386 e. The lowest BCUT2D eigenvalue weighted by Gasteiger charge is -2.39. The van der Waals surface area contributed by atoms with Crippen LogP contribution in [0.1, 0.15) is 135 Å². The minimum atomic E-state index is 0. The van der Waals surface area contributed by atoms with Gasteiger partial charge in [0.1, 0.15) is 0 Å². The fourth-order valence-electron chi connectivity index (χ4n) is 8.58. The Morgan fingerprint density at radius 1 is 0.550 bits per heavy atom. The van der Waals surface area contributed by atoms with Gasteiger partial charge in [-0.15, -0.1) is 0 Å². The average molecular weight is 851 g/mol. The van der Waals surface area contributed by atoms with Crippen molar-refractivity contribution in [2.45, 2.75) is 189 Å². The summed E-state index contributed by atoms with van der Waals surface area (Å²) < 4.78 is 0. The normalized spacial score (nSPS) is 21.5. The summed E-state index contributed by atoms with van der Waals surface area (Å²) in [5.41, 5.74) is 16.9. The van der Waals surface area contributed by atoms with Crippen molar-refractivity contribution in [3.8, 4) is 0 Å². The second-order valence-electron chi connectivity index (χ2n) is 19.3. The molecule has 0 aromatic rings. The van der Waals surface area contributed by atoms with E-state index in [0.29, 0.717) is 47.9 Å². The number of likely N-dealkylation sites (N-methyl/N-ethyl adjacent to an activating group) is 1. The number of nitrogens with zero attached hydrogens (tertiary/aromatic N) is 7. The van der Waals surface area contributed by atoms with E-state index in [9.17, 15) is 0 Å². The van der Waals surface area contributed by atoms with Gasteiger partial charge in [0.2, 0.25) is 0 Å². The van der Waals surface area contributed by atoms with Crippen LogP contribution in [0.4, 0.5) is 0 Å². The fraction of sp³-hybridized carbons (Fsp3) is 0.917. The molecule has 0 aliphatic carbocycles. The largest absolute Gasteiger partial charge is 0.386 e. The maximum atomic E-state index is 5.77. The van der Waals surface area contributed by atoms with E-state index in [2.05, 4.69) is 141 Å². The highest BCUT2D eigenvalue weighted by Crippen LogP contribution is 2.18. The van der Waals surface area contributed by atoms with Gasteiger partial charge < -0.3 is 57.2 Å². The van der Waals surface area contributed by atoms with Gasteiger partial charge in [-0.3, -0.25) is 4.90 Å². The Labute approximate surface area is 374 Å². The van der Waals surface area contributed by atoms with Crippen molar-refractivity contribution in [2.24, 2.45) is 17.2 Å². The summed E-state index contributed by atoms with van der Waals surface area (Å²) in [6.45, 7) is 48.1. The molecule has 0 saturated carbocycles. The van der Waals surface area contributed by atoms with E-state index in [4.69, 9.17) is 17.2 Å². The predicted molar refractivity (Wildman–Crippen MR) is 265 cm³/mol. The van der Waals surface area contributed by atoms with Crippen LogP contribution in [0.3, 0.4) is 0 Å². The highest BCUT2D eigenvalue weighted by molar-refractivity contribution is 4.92. The van der Waals surface area contributed by atoms with Gasteiger partial charge in [-0.05, 0) is 160 Å². The van der Waals surface area contributed by atoms with Crippen molar-refractivity contribution in [3.63, 3.8) is 0 Å². The van der Waals surface area contributed by atoms with Gasteiger partial charge in [0.25, 0.3) is 0 Å². The standard InChI is InChI=1S/C11H23N3.C10H21N3.2C9H20N2.C8H18N2.CH4/c1-9(2)14-7-5-11(6-8-14)13(4)10(3)12;1-8(2)13-6-4-10(5-7-13)12-9(3)11;1-8(2)11-6-4-9(10-3)5-7-11;1-4-10-5-7-11(8-6-10)9(2)3;1-7(2)10-5-3-8(9)4-6-10;/h9,11H,3,5-8,12H2,1-2,4H3;8,10,12H,3-7,11H2,1-2H3;8-10H,4-7H2,1-3H3;9H,4-8H2,1-3H3;7-8H,3-6,9H2,1-2H3;1H4. The Balaban J connectivity index is 0.000000726. The molecular weight excluding hydrogens is 745 g/mol. The number of nitrogens with one attached hydrogen (secondary N) is 2. The van der Waals surface area contributed by atoms with Gasteiger partial charge in [-0.1, -0.05) is 27.5 Å². The van der Waals surface area contributed by atoms with Crippen molar-refractivity contribution in [1.82, 2.24) is 44.9 Å². The number of piperazine rings is 1. The molecule has 5 rings (SSSR count). The first-order valence-electron chi connectivity index (χ1n) is 24.0. The maximum absolute atomic E-state index is 5.77. The van der Waals surface area contributed by atoms with E-state index < -0.39 is 0 Å². The molecule has 0 amide bonds. The summed E-state index contributed by atoms with van der Waals surface area (Å²) in [4.78, 5) is 17.2. The quantitative estimate of drug-likeness (QED) is 0.176. The van der Waals surface area contributed by atoms with E-state index in [1.54, 1.807) is 0 Å². The maximum Gasteiger partial charge on any atom is 0.0912 e. The Hall–Kier alpha value is -1.64. The first-order chi connectivity index (χ1) is 27.8. The van der Waals surface area contributed by atoms with Gasteiger partial charge in [0, 0.05) is 114 Å². The van der Waals surface area contributed by atoms with Crippen LogP contribution >= 0.6 is 0 Å². The zero-order valence-corrected chi connectivity index (χ0v) is 41.3. The lowest BCUT2D eigenvalue weighted by atomic mass is 10.0. The molecule has 5 saturated heterocycles. The van der Waals surface area contributed by atoms with Crippen LogP contribution in [0, 0.1) is 0 Å². The Bertz CT molecular complexity index is 1020. The summed E-state index contributed by atoms with van der Waals surface area (Å²) in [6.07, 6.45) is 9.73. The molecule has 0 aromatic carbocycles. The number of likely N-dealkylation sites (tertiary alicyclic amines) is 4. The molecule has 0 bridgehead atoms. The summed E-state index contributed by atoms with van der Waals surface area (Å²) in [5, 5.41) is 6.53. The average Bonchev–Trinajstić information content (AvgIpc) is 3.21. The van der Waals surface area contributed by atoms with E-state index in [1.807, 2.05) is 7.05 Å². The van der Waals surface area contributed by atoms with Gasteiger partial charge in [-0.25, -0.2) is 0 Å². The van der Waals surface area contributed by atoms with E-state index >= 15 is 0 Å². The molecule has 0 atom stereocenters. The zero-order valence-electron chi connectivity index (χ0n) is 41.3. The van der Waals surface area contributed by atoms with E-state index in [-0.39, 0.29) is 7.43 Å². The third-order valence-electron chi connectivity index (χ3n) is 13.4. The van der Waals surface area contributed by atoms with Crippen LogP contribution in [0.5, 0.6) is 0 Å². The molecule has 12 heteroatoms. The molecule has 0 unspecified atom stereocenters. The fourth-order valence-corrected chi connectivity index (χ4v) is 8.58. The van der Waals surface area contributed by atoms with Crippen LogP contribution in [0.15, 0.2) is 24.8 Å². The second kappa shape index (κ2) is 32.1. The molecule has 8 N–H and O–H groups in total. The Morgan fingerprint density at radius 3 is 1.17 bits per heavy atom. The third-order valence-corrected chi connectivity index (χ3v) is 13.4. The molecule has 0 aromatic heterocycles. The topological polar surface area (TPSA) is 125 Å². The molecule has 5 heterocycles. The Morgan fingerprint density at radius 2 is 0.867 bits per heavy atom. The zero-order chi connectivity index (χ0) is 44.7. The van der Waals surface area contributed by atoms with Crippen molar-refractivity contribution in [2.75, 3.05) is 99.2 Å². The first-order valence-corrected chi connectivity index (χ1v) is 24.0. The van der Waals surface area contributed by atoms with Crippen LogP contribution in [0.2, 0.25) is 0 Å². The lowest BCUT2D eigenvalue weighted by molar-refractivity contribution is 0.112. The number of hydrogen-bond donors (Lipinski definition) is 5. The van der Waals surface area contributed by atoms with Crippen LogP contribution in [-0.2, 0) is 0 Å². The van der Waals surface area contributed by atoms with Crippen LogP contribution < -0.4 is 27.8 Å². The van der Waals surface area contributed by atoms with Crippen molar-refractivity contribution >= 4 is 0 Å². The Kier molecular flexibility index (Phi) is 31.2. The van der Waals surface area contributed by atoms with E-state index in [1.165, 1.54) is 136 Å². The number of nitrogens with two attached hydrogens (primary N) is 3. The van der Waals surface area contributed by atoms with Crippen molar-refractivity contribution < 1.29 is 0 Å². The number of rotatable bonds is 11. The predicted octanol–water partition coefficient (Wildman–Crippen LogP) is 5.66. The molecule has 0 spiro atoms. The number of piperidine rings is 4. The lowest BCUT2D eigenvalue weighted by Crippen LogP contribution is -2.48. The van der Waals surface area contributed by atoms with Crippen molar-refractivity contribution in [1.29, 1.82) is 0 Å². The first kappa shape index (κ1) is 58.4. The molecule has 358 valence electrons. The monoisotopic (exact) mass is 851 g/mol. The molecule has 5 aliphatic rings. The summed E-state index contributed by atoms with van der Waals surface area (Å²) in [7, 11) is 4.10. The highest BCUT2D eigenvalue weighted by Gasteiger charge is 2.24. The van der Waals surface area contributed by atoms with Crippen LogP contribution in [0.25, 0.3) is 0 Å². The summed E-state index contributed by atoms with van der Waals surface area (Å²) in [5.74, 6) is 1.29. The molecule has 5 fully saturated rings. The van der Waals surface area contributed by atoms with Gasteiger partial charge in [-0.2, -0.15) is 0 Å². The molecular formula is C48H106N12. The smallest absolute Gasteiger partial charge is 0.0912 e. The molecule has 0 radical (unpaired) electrons. The van der Waals surface area contributed by atoms with Crippen LogP contribution in [-0.4, -0.2) is 188 Å². The van der Waals surface area contributed by atoms with Gasteiger partial charge >= 0.3 is 0 Å². The summed E-state index contributed by atoms with van der Waals surface area (Å²) >= 11 is 0. The van der Waals surface area contributed by atoms with E-state index in [0.717, 1.165) is 18.1 Å².